The molecule has 0 spiro atoms. The highest BCUT2D eigenvalue weighted by molar-refractivity contribution is 5.95. The minimum Gasteiger partial charge on any atom is -0.486 e. The lowest BCUT2D eigenvalue weighted by atomic mass is 9.97. The number of aliphatic hydroxyl groups is 1. The van der Waals surface area contributed by atoms with Crippen molar-refractivity contribution in [2.45, 2.75) is 31.2 Å². The maximum atomic E-state index is 14.0. The molecule has 2 aromatic rings. The lowest BCUT2D eigenvalue weighted by Crippen LogP contribution is -2.54. The van der Waals surface area contributed by atoms with Crippen LogP contribution >= 0.6 is 0 Å². The zero-order valence-electron chi connectivity index (χ0n) is 21.6. The van der Waals surface area contributed by atoms with Gasteiger partial charge >= 0.3 is 0 Å². The number of hydrazine groups is 2. The number of rotatable bonds is 7. The predicted molar refractivity (Wildman–Crippen MR) is 140 cm³/mol. The summed E-state index contributed by atoms with van der Waals surface area (Å²) in [5, 5.41) is 15.0. The van der Waals surface area contributed by atoms with E-state index in [2.05, 4.69) is 26.6 Å². The van der Waals surface area contributed by atoms with Gasteiger partial charge in [0.15, 0.2) is 0 Å². The van der Waals surface area contributed by atoms with E-state index in [1.54, 1.807) is 29.5 Å². The van der Waals surface area contributed by atoms with Gasteiger partial charge in [-0.05, 0) is 36.8 Å². The Kier molecular flexibility index (Phi) is 7.38. The van der Waals surface area contributed by atoms with Crippen LogP contribution in [0.4, 0.5) is 23.4 Å². The molecule has 0 aliphatic carbocycles. The predicted octanol–water partition coefficient (Wildman–Crippen LogP) is 1.76. The molecule has 10 nitrogen and oxygen atoms in total. The fourth-order valence-electron chi connectivity index (χ4n) is 5.36. The molecule has 5 N–H and O–H groups in total. The first-order valence-electron chi connectivity index (χ1n) is 13.0. The van der Waals surface area contributed by atoms with Gasteiger partial charge in [0.2, 0.25) is 0 Å². The minimum atomic E-state index is -2.61. The molecule has 1 aromatic carbocycles. The number of allylic oxidation sites excluding steroid dienone is 2. The maximum Gasteiger partial charge on any atom is 0.272 e. The first-order chi connectivity index (χ1) is 19.8. The van der Waals surface area contributed by atoms with Crippen LogP contribution in [-0.2, 0) is 4.74 Å². The molecule has 1 unspecified atom stereocenters. The number of hydrogen-bond donors (Lipinski definition) is 5. The van der Waals surface area contributed by atoms with E-state index in [1.807, 2.05) is 11.0 Å². The van der Waals surface area contributed by atoms with Gasteiger partial charge in [-0.2, -0.15) is 0 Å². The standard InChI is InChI=1S/C27H27F4N7O3/c28-18-2-1-3-19(29)24(18)27(40)34-20-6-7-37(12-21(20)39)23-5-4-14(9-32-23)16-8-15(41-13-22(30)31)11-38-25(16)17-10-33-35-26(17)36-38/h1-5,8-9,11,20-22,26,33,35-36,39H,6-7,10,12-13H2,(H,34,40)/t20-,21-,26?/m0/s1. The normalized spacial score (nSPS) is 23.8. The Morgan fingerprint density at radius 3 is 2.73 bits per heavy atom. The molecule has 0 radical (unpaired) electrons. The van der Waals surface area contributed by atoms with Gasteiger partial charge in [-0.15, -0.1) is 0 Å². The Bertz CT molecular complexity index is 1410. The zero-order chi connectivity index (χ0) is 28.7. The van der Waals surface area contributed by atoms with Crippen LogP contribution in [0.2, 0.25) is 0 Å². The number of carbonyl (C=O) groups excluding carboxylic acids is 1. The number of fused-ring (bicyclic) bond motifs is 2. The number of anilines is 1. The number of aromatic nitrogens is 1. The monoisotopic (exact) mass is 573 g/mol. The van der Waals surface area contributed by atoms with Crippen LogP contribution < -0.4 is 26.5 Å². The third kappa shape index (κ3) is 5.38. The number of halogens is 4. The highest BCUT2D eigenvalue weighted by atomic mass is 19.3. The van der Waals surface area contributed by atoms with E-state index >= 15 is 0 Å². The quantitative estimate of drug-likeness (QED) is 0.316. The summed E-state index contributed by atoms with van der Waals surface area (Å²) in [5.74, 6) is -2.01. The summed E-state index contributed by atoms with van der Waals surface area (Å²) >= 11 is 0. The van der Waals surface area contributed by atoms with Crippen LogP contribution in [-0.4, -0.2) is 72.0 Å². The number of hydrogen-bond acceptors (Lipinski definition) is 9. The van der Waals surface area contributed by atoms with Crippen LogP contribution in [0.1, 0.15) is 22.3 Å². The SMILES string of the molecule is O=C(N[C@H]1CCN(c2ccc(C3=CC(OCC(F)F)=CN4NC5NNCC5=C34)cn2)C[C@@H]1O)c1c(F)cccc1F. The molecule has 14 heteroatoms. The third-order valence-corrected chi connectivity index (χ3v) is 7.33. The van der Waals surface area contributed by atoms with Crippen molar-refractivity contribution in [1.82, 2.24) is 31.6 Å². The van der Waals surface area contributed by atoms with Crippen molar-refractivity contribution in [1.29, 1.82) is 0 Å². The number of nitrogens with zero attached hydrogens (tertiary/aromatic N) is 3. The fourth-order valence-corrected chi connectivity index (χ4v) is 5.36. The topological polar surface area (TPSA) is 114 Å². The molecule has 1 amide bonds. The van der Waals surface area contributed by atoms with Crippen molar-refractivity contribution < 1.29 is 32.2 Å². The first-order valence-corrected chi connectivity index (χ1v) is 13.0. The minimum absolute atomic E-state index is 0.139. The molecule has 2 fully saturated rings. The fraction of sp³-hybridized carbons (Fsp3) is 0.333. The van der Waals surface area contributed by atoms with Crippen molar-refractivity contribution in [3.8, 4) is 0 Å². The van der Waals surface area contributed by atoms with Crippen molar-refractivity contribution >= 4 is 17.3 Å². The van der Waals surface area contributed by atoms with Crippen LogP contribution in [0.15, 0.2) is 65.8 Å². The molecule has 5 heterocycles. The van der Waals surface area contributed by atoms with Gasteiger partial charge in [-0.3, -0.25) is 15.2 Å². The molecular formula is C27H27F4N7O3. The number of pyridine rings is 1. The molecule has 2 saturated heterocycles. The van der Waals surface area contributed by atoms with Gasteiger partial charge in [0.1, 0.15) is 41.5 Å². The van der Waals surface area contributed by atoms with E-state index in [0.29, 0.717) is 25.3 Å². The average Bonchev–Trinajstić information content (AvgIpc) is 3.54. The second-order valence-electron chi connectivity index (χ2n) is 9.98. The van der Waals surface area contributed by atoms with E-state index in [9.17, 15) is 27.5 Å². The molecule has 4 aliphatic rings. The molecule has 0 saturated carbocycles. The second kappa shape index (κ2) is 11.1. The van der Waals surface area contributed by atoms with Crippen LogP contribution in [0.25, 0.3) is 5.57 Å². The Labute approximate surface area is 232 Å². The highest BCUT2D eigenvalue weighted by Crippen LogP contribution is 2.38. The number of aliphatic hydroxyl groups excluding tert-OH is 1. The number of amides is 1. The Hall–Kier alpha value is -3.98. The highest BCUT2D eigenvalue weighted by Gasteiger charge is 2.38. The molecule has 0 bridgehead atoms. The van der Waals surface area contributed by atoms with Gasteiger partial charge in [-0.1, -0.05) is 6.07 Å². The number of piperidine rings is 1. The molecular weight excluding hydrogens is 546 g/mol. The smallest absolute Gasteiger partial charge is 0.272 e. The third-order valence-electron chi connectivity index (χ3n) is 7.33. The van der Waals surface area contributed by atoms with Crippen molar-refractivity contribution in [2.75, 3.05) is 31.1 Å². The summed E-state index contributed by atoms with van der Waals surface area (Å²) in [6.07, 6.45) is 1.54. The number of carbonyl (C=O) groups is 1. The van der Waals surface area contributed by atoms with Crippen LogP contribution in [0.5, 0.6) is 0 Å². The van der Waals surface area contributed by atoms with E-state index < -0.39 is 48.3 Å². The van der Waals surface area contributed by atoms with E-state index in [4.69, 9.17) is 4.74 Å². The molecule has 41 heavy (non-hydrogen) atoms. The molecule has 4 aliphatic heterocycles. The van der Waals surface area contributed by atoms with Crippen LogP contribution in [0, 0.1) is 11.6 Å². The van der Waals surface area contributed by atoms with E-state index in [-0.39, 0.29) is 18.5 Å². The van der Waals surface area contributed by atoms with Crippen molar-refractivity contribution in [3.63, 3.8) is 0 Å². The zero-order valence-corrected chi connectivity index (χ0v) is 21.6. The summed E-state index contributed by atoms with van der Waals surface area (Å²) in [6.45, 7) is 0.418. The van der Waals surface area contributed by atoms with Crippen LogP contribution in [0.3, 0.4) is 0 Å². The van der Waals surface area contributed by atoms with Gasteiger partial charge in [0, 0.05) is 42.5 Å². The second-order valence-corrected chi connectivity index (χ2v) is 9.98. The number of alkyl halides is 2. The molecule has 6 rings (SSSR count). The summed E-state index contributed by atoms with van der Waals surface area (Å²) in [5.41, 5.74) is 12.1. The van der Waals surface area contributed by atoms with Gasteiger partial charge in [0.05, 0.1) is 24.0 Å². The number of ether oxygens (including phenoxy) is 1. The number of benzene rings is 1. The first kappa shape index (κ1) is 27.2. The summed E-state index contributed by atoms with van der Waals surface area (Å²) < 4.78 is 58.9. The Morgan fingerprint density at radius 1 is 1.22 bits per heavy atom. The largest absolute Gasteiger partial charge is 0.486 e. The Balaban J connectivity index is 1.16. The lowest BCUT2D eigenvalue weighted by Gasteiger charge is -2.37. The number of nitrogens with one attached hydrogen (secondary N) is 4. The summed E-state index contributed by atoms with van der Waals surface area (Å²) in [6, 6.07) is 6.11. The van der Waals surface area contributed by atoms with Gasteiger partial charge < -0.3 is 20.1 Å². The molecule has 3 atom stereocenters. The Morgan fingerprint density at radius 2 is 2.02 bits per heavy atom. The van der Waals surface area contributed by atoms with Crippen molar-refractivity contribution in [2.24, 2.45) is 0 Å². The summed E-state index contributed by atoms with van der Waals surface area (Å²) in [4.78, 5) is 18.9. The van der Waals surface area contributed by atoms with Gasteiger partial charge in [-0.25, -0.2) is 33.4 Å². The number of β-amino-alcohol motifs (C(OH)–C–C–N with tert-alkyl or cyclic N) is 1. The average molecular weight is 574 g/mol. The molecule has 216 valence electrons. The van der Waals surface area contributed by atoms with E-state index in [1.165, 1.54) is 6.07 Å². The van der Waals surface area contributed by atoms with Crippen molar-refractivity contribution in [3.05, 3.63) is 88.6 Å². The van der Waals surface area contributed by atoms with E-state index in [0.717, 1.165) is 34.5 Å². The van der Waals surface area contributed by atoms with Gasteiger partial charge in [0.25, 0.3) is 12.3 Å². The molecule has 1 aromatic heterocycles. The lowest BCUT2D eigenvalue weighted by molar-refractivity contribution is 0.0505. The summed E-state index contributed by atoms with van der Waals surface area (Å²) in [7, 11) is 0. The maximum absolute atomic E-state index is 14.0.